The number of rotatable bonds is 1. The van der Waals surface area contributed by atoms with Crippen molar-refractivity contribution >= 4 is 5.78 Å². The molecule has 2 saturated heterocycles. The maximum Gasteiger partial charge on any atom is 0.188 e. The van der Waals surface area contributed by atoms with E-state index in [4.69, 9.17) is 14.2 Å². The average molecular weight is 216 g/mol. The minimum Gasteiger partial charge on any atom is -0.390 e. The molecule has 5 heteroatoms. The number of carbonyl (C=O) groups excluding carboxylic acids is 1. The van der Waals surface area contributed by atoms with Crippen molar-refractivity contribution in [1.29, 1.82) is 0 Å². The van der Waals surface area contributed by atoms with Gasteiger partial charge in [0.15, 0.2) is 18.4 Å². The normalized spacial score (nSPS) is 50.1. The summed E-state index contributed by atoms with van der Waals surface area (Å²) in [5, 5.41) is 9.86. The molecular formula is C10H16O5. The highest BCUT2D eigenvalue weighted by Gasteiger charge is 2.50. The van der Waals surface area contributed by atoms with E-state index in [1.807, 2.05) is 6.92 Å². The van der Waals surface area contributed by atoms with Gasteiger partial charge in [0.05, 0.1) is 6.10 Å². The van der Waals surface area contributed by atoms with E-state index in [9.17, 15) is 9.90 Å². The minimum atomic E-state index is -0.822. The van der Waals surface area contributed by atoms with Crippen LogP contribution >= 0.6 is 0 Å². The zero-order chi connectivity index (χ0) is 11.2. The third kappa shape index (κ3) is 1.80. The zero-order valence-corrected chi connectivity index (χ0v) is 9.04. The van der Waals surface area contributed by atoms with E-state index >= 15 is 0 Å². The van der Waals surface area contributed by atoms with Gasteiger partial charge in [-0.15, -0.1) is 0 Å². The molecule has 2 aliphatic rings. The molecule has 2 fully saturated rings. The molecule has 0 radical (unpaired) electrons. The molecule has 2 rings (SSSR count). The number of carbonyl (C=O) groups is 1. The van der Waals surface area contributed by atoms with Crippen molar-refractivity contribution < 1.29 is 24.1 Å². The lowest BCUT2D eigenvalue weighted by atomic mass is 9.89. The number of fused-ring (bicyclic) bond motifs is 1. The molecule has 0 aromatic heterocycles. The number of aliphatic hydroxyl groups excluding tert-OH is 1. The van der Waals surface area contributed by atoms with Crippen LogP contribution in [0.2, 0.25) is 0 Å². The molecule has 0 amide bonds. The lowest BCUT2D eigenvalue weighted by molar-refractivity contribution is -0.225. The molecule has 0 bridgehead atoms. The molecule has 0 saturated carbocycles. The quantitative estimate of drug-likeness (QED) is 0.671. The molecule has 0 aromatic rings. The maximum atomic E-state index is 11.2. The molecule has 0 aromatic carbocycles. The lowest BCUT2D eigenvalue weighted by Crippen LogP contribution is -2.54. The van der Waals surface area contributed by atoms with Gasteiger partial charge in [-0.1, -0.05) is 6.92 Å². The fraction of sp³-hybridized carbons (Fsp3) is 0.900. The fourth-order valence-electron chi connectivity index (χ4n) is 2.10. The Hall–Kier alpha value is -0.490. The van der Waals surface area contributed by atoms with Crippen molar-refractivity contribution in [3.8, 4) is 0 Å². The molecule has 2 heterocycles. The lowest BCUT2D eigenvalue weighted by Gasteiger charge is -2.37. The summed E-state index contributed by atoms with van der Waals surface area (Å²) in [5.41, 5.74) is 0. The van der Waals surface area contributed by atoms with Crippen LogP contribution in [0, 0.1) is 5.92 Å². The molecule has 15 heavy (non-hydrogen) atoms. The van der Waals surface area contributed by atoms with Gasteiger partial charge < -0.3 is 19.3 Å². The number of Topliss-reactive ketones (excluding diaryl/α,β-unsaturated/α-hetero) is 1. The average Bonchev–Trinajstić information content (AvgIpc) is 2.52. The second-order valence-corrected chi connectivity index (χ2v) is 4.19. The molecule has 0 aliphatic carbocycles. The van der Waals surface area contributed by atoms with Crippen LogP contribution in [0.25, 0.3) is 0 Å². The summed E-state index contributed by atoms with van der Waals surface area (Å²) < 4.78 is 16.2. The Kier molecular flexibility index (Phi) is 2.81. The monoisotopic (exact) mass is 216 g/mol. The van der Waals surface area contributed by atoms with Crippen molar-refractivity contribution in [2.45, 2.75) is 51.7 Å². The van der Waals surface area contributed by atoms with Crippen LogP contribution in [0.3, 0.4) is 0 Å². The summed E-state index contributed by atoms with van der Waals surface area (Å²) >= 11 is 0. The Bertz CT molecular complexity index is 265. The standard InChI is InChI=1S/C10H16O5/c1-4-7(12)9(5(2)11)15-10-8(4)13-6(3)14-10/h4,6-10,12H,1-3H3/t4-,6?,7-,8?,9-,10+/m0/s1. The van der Waals surface area contributed by atoms with E-state index in [1.54, 1.807) is 6.92 Å². The van der Waals surface area contributed by atoms with Crippen molar-refractivity contribution in [1.82, 2.24) is 0 Å². The number of hydrogen-bond donors (Lipinski definition) is 1. The van der Waals surface area contributed by atoms with Gasteiger partial charge in [0.25, 0.3) is 0 Å². The van der Waals surface area contributed by atoms with Crippen LogP contribution in [0.5, 0.6) is 0 Å². The second kappa shape index (κ2) is 3.83. The van der Waals surface area contributed by atoms with Crippen LogP contribution in [0.4, 0.5) is 0 Å². The maximum absolute atomic E-state index is 11.2. The van der Waals surface area contributed by atoms with E-state index in [0.717, 1.165) is 0 Å². The first-order chi connectivity index (χ1) is 7.00. The van der Waals surface area contributed by atoms with Crippen molar-refractivity contribution in [3.63, 3.8) is 0 Å². The third-order valence-electron chi connectivity index (χ3n) is 2.99. The molecule has 0 spiro atoms. The summed E-state index contributed by atoms with van der Waals surface area (Å²) in [6.45, 7) is 5.01. The Morgan fingerprint density at radius 2 is 1.87 bits per heavy atom. The van der Waals surface area contributed by atoms with Gasteiger partial charge in [-0.05, 0) is 13.8 Å². The van der Waals surface area contributed by atoms with Gasteiger partial charge in [0.1, 0.15) is 12.2 Å². The highest BCUT2D eigenvalue weighted by Crippen LogP contribution is 2.34. The van der Waals surface area contributed by atoms with Gasteiger partial charge in [0, 0.05) is 5.92 Å². The first-order valence-corrected chi connectivity index (χ1v) is 5.15. The van der Waals surface area contributed by atoms with Crippen LogP contribution in [0.15, 0.2) is 0 Å². The zero-order valence-electron chi connectivity index (χ0n) is 9.04. The van der Waals surface area contributed by atoms with Crippen molar-refractivity contribution in [3.05, 3.63) is 0 Å². The molecule has 2 unspecified atom stereocenters. The van der Waals surface area contributed by atoms with E-state index in [-0.39, 0.29) is 24.1 Å². The molecular weight excluding hydrogens is 200 g/mol. The predicted molar refractivity (Wildman–Crippen MR) is 49.9 cm³/mol. The Labute approximate surface area is 88.3 Å². The summed E-state index contributed by atoms with van der Waals surface area (Å²) in [4.78, 5) is 11.2. The Morgan fingerprint density at radius 3 is 2.47 bits per heavy atom. The Balaban J connectivity index is 2.15. The first-order valence-electron chi connectivity index (χ1n) is 5.15. The van der Waals surface area contributed by atoms with Crippen LogP contribution in [-0.2, 0) is 19.0 Å². The fourth-order valence-corrected chi connectivity index (χ4v) is 2.10. The molecule has 86 valence electrons. The van der Waals surface area contributed by atoms with Gasteiger partial charge >= 0.3 is 0 Å². The number of ether oxygens (including phenoxy) is 3. The summed E-state index contributed by atoms with van der Waals surface area (Å²) in [5.74, 6) is -0.349. The molecule has 5 nitrogen and oxygen atoms in total. The Morgan fingerprint density at radius 1 is 1.20 bits per heavy atom. The highest BCUT2D eigenvalue weighted by molar-refractivity contribution is 5.81. The van der Waals surface area contributed by atoms with Crippen LogP contribution < -0.4 is 0 Å². The van der Waals surface area contributed by atoms with E-state index in [1.165, 1.54) is 6.92 Å². The van der Waals surface area contributed by atoms with Crippen LogP contribution in [-0.4, -0.2) is 41.8 Å². The van der Waals surface area contributed by atoms with Gasteiger partial charge in [-0.3, -0.25) is 4.79 Å². The molecule has 1 N–H and O–H groups in total. The second-order valence-electron chi connectivity index (χ2n) is 4.19. The third-order valence-corrected chi connectivity index (χ3v) is 2.99. The smallest absolute Gasteiger partial charge is 0.188 e. The summed E-state index contributed by atoms with van der Waals surface area (Å²) in [7, 11) is 0. The largest absolute Gasteiger partial charge is 0.390 e. The number of ketones is 1. The van der Waals surface area contributed by atoms with Crippen LogP contribution in [0.1, 0.15) is 20.8 Å². The topological polar surface area (TPSA) is 65.0 Å². The van der Waals surface area contributed by atoms with E-state index in [2.05, 4.69) is 0 Å². The van der Waals surface area contributed by atoms with E-state index < -0.39 is 18.5 Å². The van der Waals surface area contributed by atoms with Gasteiger partial charge in [-0.25, -0.2) is 0 Å². The first kappa shape index (κ1) is 11.0. The van der Waals surface area contributed by atoms with Gasteiger partial charge in [0.2, 0.25) is 0 Å². The number of aliphatic hydroxyl groups is 1. The van der Waals surface area contributed by atoms with Crippen molar-refractivity contribution in [2.24, 2.45) is 5.92 Å². The molecule has 6 atom stereocenters. The SMILES string of the molecule is CC(=O)[C@@H]1O[C@H]2OC(C)OC2[C@@H](C)[C@@H]1O. The summed E-state index contributed by atoms with van der Waals surface area (Å²) in [6.07, 6.45) is -2.79. The summed E-state index contributed by atoms with van der Waals surface area (Å²) in [6, 6.07) is 0. The molecule has 2 aliphatic heterocycles. The number of hydrogen-bond acceptors (Lipinski definition) is 5. The minimum absolute atomic E-state index is 0.164. The highest BCUT2D eigenvalue weighted by atomic mass is 16.8. The van der Waals surface area contributed by atoms with E-state index in [0.29, 0.717) is 0 Å². The van der Waals surface area contributed by atoms with Crippen molar-refractivity contribution in [2.75, 3.05) is 0 Å². The van der Waals surface area contributed by atoms with Gasteiger partial charge in [-0.2, -0.15) is 0 Å². The predicted octanol–water partition coefficient (Wildman–Crippen LogP) is 0.0587.